The quantitative estimate of drug-likeness (QED) is 0.435. The van der Waals surface area contributed by atoms with Gasteiger partial charge in [-0.25, -0.2) is 9.59 Å². The van der Waals surface area contributed by atoms with Gasteiger partial charge in [-0.1, -0.05) is 27.7 Å². The zero-order valence-corrected chi connectivity index (χ0v) is 16.7. The number of aliphatic hydroxyl groups is 3. The van der Waals surface area contributed by atoms with E-state index in [1.54, 1.807) is 6.92 Å². The molecule has 0 amide bonds. The van der Waals surface area contributed by atoms with Crippen LogP contribution in [0.25, 0.3) is 0 Å². The fourth-order valence-corrected chi connectivity index (χ4v) is 8.32. The molecule has 0 radical (unpaired) electrons. The highest BCUT2D eigenvalue weighted by Crippen LogP contribution is 2.84. The number of aliphatic hydroxyl groups excluding tert-OH is 2. The van der Waals surface area contributed by atoms with Gasteiger partial charge in [-0.15, -0.1) is 0 Å². The highest BCUT2D eigenvalue weighted by Gasteiger charge is 3.01. The molecule has 0 bridgehead atoms. The highest BCUT2D eigenvalue weighted by atomic mass is 16.8. The van der Waals surface area contributed by atoms with Crippen molar-refractivity contribution in [2.75, 3.05) is 6.61 Å². The molecular weight excluding hydrogens is 384 g/mol. The third kappa shape index (κ3) is 1.38. The zero-order valence-electron chi connectivity index (χ0n) is 16.7. The molecule has 2 aliphatic carbocycles. The van der Waals surface area contributed by atoms with E-state index in [-0.39, 0.29) is 13.0 Å². The van der Waals surface area contributed by atoms with Crippen LogP contribution in [0.4, 0.5) is 0 Å². The van der Waals surface area contributed by atoms with Gasteiger partial charge in [0.25, 0.3) is 0 Å². The molecule has 160 valence electrons. The van der Waals surface area contributed by atoms with E-state index in [9.17, 15) is 24.9 Å². The lowest BCUT2D eigenvalue weighted by Gasteiger charge is -2.46. The Labute approximate surface area is 167 Å². The number of carbonyl (C=O) groups excluding carboxylic acids is 2. The maximum absolute atomic E-state index is 13.4. The van der Waals surface area contributed by atoms with Crippen LogP contribution < -0.4 is 0 Å². The van der Waals surface area contributed by atoms with Crippen LogP contribution in [0.2, 0.25) is 0 Å². The molecule has 9 nitrogen and oxygen atoms in total. The molecule has 9 heteroatoms. The second-order valence-electron chi connectivity index (χ2n) is 10.8. The summed E-state index contributed by atoms with van der Waals surface area (Å²) in [6, 6.07) is 0. The maximum Gasteiger partial charge on any atom is 0.342 e. The van der Waals surface area contributed by atoms with Gasteiger partial charge in [0.1, 0.15) is 11.7 Å². The lowest BCUT2D eigenvalue weighted by molar-refractivity contribution is -0.239. The summed E-state index contributed by atoms with van der Waals surface area (Å²) >= 11 is 0. The summed E-state index contributed by atoms with van der Waals surface area (Å²) in [6.45, 7) is 7.70. The molecule has 0 aromatic heterocycles. The topological polar surface area (TPSA) is 132 Å². The SMILES string of the molecule is C[C@@H]1COC2CC34C5OC(=O)[C@]3(O[C@@H]3OC(=O)[C@H](O)C34C(C(C)(C)C)[C@H]5O)[C@]21O. The molecule has 2 saturated carbocycles. The predicted molar refractivity (Wildman–Crippen MR) is 91.9 cm³/mol. The summed E-state index contributed by atoms with van der Waals surface area (Å²) in [6.07, 6.45) is -5.70. The molecule has 0 aromatic rings. The number of hydrogen-bond acceptors (Lipinski definition) is 9. The lowest BCUT2D eigenvalue weighted by Crippen LogP contribution is -2.66. The largest absolute Gasteiger partial charge is 0.457 e. The normalized spacial score (nSPS) is 62.0. The van der Waals surface area contributed by atoms with E-state index in [2.05, 4.69) is 0 Å². The number of hydrogen-bond donors (Lipinski definition) is 3. The Bertz CT molecular complexity index is 851. The Hall–Kier alpha value is -1.26. The first-order valence-corrected chi connectivity index (χ1v) is 10.2. The number of carbonyl (C=O) groups is 2. The van der Waals surface area contributed by atoms with Gasteiger partial charge in [0, 0.05) is 11.8 Å². The number of fused-ring (bicyclic) bond motifs is 1. The van der Waals surface area contributed by atoms with Gasteiger partial charge in [-0.2, -0.15) is 0 Å². The first-order valence-electron chi connectivity index (χ1n) is 10.2. The number of ether oxygens (including phenoxy) is 4. The Morgan fingerprint density at radius 2 is 1.83 bits per heavy atom. The second-order valence-corrected chi connectivity index (χ2v) is 10.8. The van der Waals surface area contributed by atoms with Gasteiger partial charge < -0.3 is 34.3 Å². The Kier molecular flexibility index (Phi) is 2.97. The van der Waals surface area contributed by atoms with Crippen LogP contribution in [-0.4, -0.2) is 75.8 Å². The summed E-state index contributed by atoms with van der Waals surface area (Å²) in [5.41, 5.74) is -6.97. The molecule has 2 spiro atoms. The van der Waals surface area contributed by atoms with Gasteiger partial charge >= 0.3 is 11.9 Å². The minimum atomic E-state index is -1.88. The van der Waals surface area contributed by atoms with Crippen molar-refractivity contribution >= 4 is 11.9 Å². The second kappa shape index (κ2) is 4.65. The average Bonchev–Trinajstić information content (AvgIpc) is 3.31. The van der Waals surface area contributed by atoms with Crippen molar-refractivity contribution < 1.29 is 43.9 Å². The Balaban J connectivity index is 1.71. The molecule has 6 fully saturated rings. The fourth-order valence-electron chi connectivity index (χ4n) is 8.32. The smallest absolute Gasteiger partial charge is 0.342 e. The van der Waals surface area contributed by atoms with Crippen LogP contribution in [0.3, 0.4) is 0 Å². The molecule has 4 aliphatic heterocycles. The summed E-state index contributed by atoms with van der Waals surface area (Å²) in [5.74, 6) is -2.77. The van der Waals surface area contributed by atoms with Gasteiger partial charge in [0.05, 0.1) is 29.6 Å². The predicted octanol–water partition coefficient (Wildman–Crippen LogP) is -0.896. The van der Waals surface area contributed by atoms with Gasteiger partial charge in [0.2, 0.25) is 11.9 Å². The maximum atomic E-state index is 13.4. The van der Waals surface area contributed by atoms with Gasteiger partial charge in [-0.05, 0) is 11.8 Å². The standard InChI is InChI=1S/C20H26O9/c1-7-6-26-8-5-17-12-9(21)10(16(2,3)4)18(17)11(22)13(23)28-15(18)29-20(17,14(24)27-12)19(7,8)25/h7-12,15,21-22,25H,5-6H2,1-4H3/t7-,8?,9-,10?,11+,12?,15+,17?,18?,19-,20-/m1/s1. The molecule has 29 heavy (non-hydrogen) atoms. The van der Waals surface area contributed by atoms with Crippen LogP contribution in [0.1, 0.15) is 34.1 Å². The van der Waals surface area contributed by atoms with E-state index in [0.717, 1.165) is 0 Å². The van der Waals surface area contributed by atoms with E-state index in [1.165, 1.54) is 0 Å². The summed E-state index contributed by atoms with van der Waals surface area (Å²) < 4.78 is 23.3. The fraction of sp³-hybridized carbons (Fsp3) is 0.900. The summed E-state index contributed by atoms with van der Waals surface area (Å²) in [4.78, 5) is 25.9. The average molecular weight is 410 g/mol. The highest BCUT2D eigenvalue weighted by molar-refractivity contribution is 5.91. The summed E-state index contributed by atoms with van der Waals surface area (Å²) in [7, 11) is 0. The monoisotopic (exact) mass is 410 g/mol. The molecule has 5 unspecified atom stereocenters. The van der Waals surface area contributed by atoms with E-state index >= 15 is 0 Å². The van der Waals surface area contributed by atoms with Crippen molar-refractivity contribution in [3.8, 4) is 0 Å². The molecule has 4 heterocycles. The third-order valence-electron chi connectivity index (χ3n) is 8.94. The van der Waals surface area contributed by atoms with Crippen LogP contribution >= 0.6 is 0 Å². The minimum absolute atomic E-state index is 0.123. The summed E-state index contributed by atoms with van der Waals surface area (Å²) in [5, 5.41) is 34.5. The van der Waals surface area contributed by atoms with E-state index in [4.69, 9.17) is 18.9 Å². The molecule has 6 rings (SSSR count). The molecule has 4 saturated heterocycles. The number of esters is 2. The van der Waals surface area contributed by atoms with E-state index in [1.807, 2.05) is 20.8 Å². The van der Waals surface area contributed by atoms with Gasteiger partial charge in [-0.3, -0.25) is 0 Å². The van der Waals surface area contributed by atoms with Crippen LogP contribution in [-0.2, 0) is 28.5 Å². The third-order valence-corrected chi connectivity index (χ3v) is 8.94. The van der Waals surface area contributed by atoms with Crippen molar-refractivity contribution in [2.24, 2.45) is 28.1 Å². The van der Waals surface area contributed by atoms with Crippen molar-refractivity contribution in [3.63, 3.8) is 0 Å². The molecule has 0 aromatic carbocycles. The first-order chi connectivity index (χ1) is 13.4. The zero-order chi connectivity index (χ0) is 20.9. The number of rotatable bonds is 0. The minimum Gasteiger partial charge on any atom is -0.457 e. The first kappa shape index (κ1) is 18.5. The molecular formula is C20H26O9. The lowest BCUT2D eigenvalue weighted by atomic mass is 9.51. The molecule has 6 aliphatic rings. The Morgan fingerprint density at radius 1 is 1.14 bits per heavy atom. The van der Waals surface area contributed by atoms with Crippen LogP contribution in [0.5, 0.6) is 0 Å². The Morgan fingerprint density at radius 3 is 2.48 bits per heavy atom. The van der Waals surface area contributed by atoms with Crippen molar-refractivity contribution in [3.05, 3.63) is 0 Å². The molecule has 11 atom stereocenters. The van der Waals surface area contributed by atoms with Crippen LogP contribution in [0, 0.1) is 28.1 Å². The van der Waals surface area contributed by atoms with Crippen molar-refractivity contribution in [1.82, 2.24) is 0 Å². The van der Waals surface area contributed by atoms with E-state index in [0.29, 0.717) is 0 Å². The van der Waals surface area contributed by atoms with Crippen molar-refractivity contribution in [1.29, 1.82) is 0 Å². The van der Waals surface area contributed by atoms with E-state index < -0.39 is 81.9 Å². The van der Waals surface area contributed by atoms with Crippen molar-refractivity contribution in [2.45, 2.75) is 76.0 Å². The molecule has 3 N–H and O–H groups in total. The van der Waals surface area contributed by atoms with Gasteiger partial charge in [0.15, 0.2) is 6.10 Å². The van der Waals surface area contributed by atoms with Crippen LogP contribution in [0.15, 0.2) is 0 Å².